The number of anilines is 1. The van der Waals surface area contributed by atoms with Gasteiger partial charge in [-0.25, -0.2) is 9.69 Å². The van der Waals surface area contributed by atoms with Gasteiger partial charge in [-0.2, -0.15) is 0 Å². The normalized spacial score (nSPS) is 17.0. The second-order valence-electron chi connectivity index (χ2n) is 7.31. The Morgan fingerprint density at radius 2 is 1.85 bits per heavy atom. The van der Waals surface area contributed by atoms with Gasteiger partial charge in [0.1, 0.15) is 11.8 Å². The van der Waals surface area contributed by atoms with E-state index in [2.05, 4.69) is 0 Å². The van der Waals surface area contributed by atoms with E-state index in [-0.39, 0.29) is 19.8 Å². The van der Waals surface area contributed by atoms with E-state index in [1.165, 1.54) is 12.0 Å². The van der Waals surface area contributed by atoms with Crippen molar-refractivity contribution in [3.63, 3.8) is 0 Å². The summed E-state index contributed by atoms with van der Waals surface area (Å²) in [5.74, 6) is -1.45. The number of imide groups is 1. The van der Waals surface area contributed by atoms with Crippen LogP contribution in [-0.2, 0) is 25.7 Å². The van der Waals surface area contributed by atoms with Gasteiger partial charge in [0.25, 0.3) is 5.91 Å². The van der Waals surface area contributed by atoms with Crippen LogP contribution >= 0.6 is 0 Å². The molecule has 4 rings (SSSR count). The van der Waals surface area contributed by atoms with E-state index >= 15 is 0 Å². The molecule has 2 aliphatic heterocycles. The summed E-state index contributed by atoms with van der Waals surface area (Å²) in [4.78, 5) is 51.9. The molecule has 2 aromatic carbocycles. The van der Waals surface area contributed by atoms with Gasteiger partial charge in [0.2, 0.25) is 18.6 Å². The fourth-order valence-corrected chi connectivity index (χ4v) is 3.68. The molecule has 0 saturated carbocycles. The van der Waals surface area contributed by atoms with E-state index in [9.17, 15) is 19.2 Å². The predicted molar refractivity (Wildman–Crippen MR) is 114 cm³/mol. The minimum Gasteiger partial charge on any atom is -0.497 e. The standard InChI is InChI=1S/C23H20N2O8/c1-31-16-5-3-15(4-6-16)25-21(27)11-17(23(25)30)24(20(26)8-9-22(28)29)12-14-2-7-18-19(10-14)33-13-32-18/h2-10,17H,11-13H2,1H3,(H,28,29)/b9-8+/t17-/m1/s1. The van der Waals surface area contributed by atoms with Crippen molar-refractivity contribution < 1.29 is 38.5 Å². The third-order valence-corrected chi connectivity index (χ3v) is 5.27. The van der Waals surface area contributed by atoms with Crippen LogP contribution in [0.1, 0.15) is 12.0 Å². The molecular weight excluding hydrogens is 432 g/mol. The van der Waals surface area contributed by atoms with E-state index < -0.39 is 29.7 Å². The van der Waals surface area contributed by atoms with Gasteiger partial charge in [-0.05, 0) is 42.0 Å². The van der Waals surface area contributed by atoms with E-state index in [0.29, 0.717) is 34.6 Å². The Balaban J connectivity index is 1.63. The lowest BCUT2D eigenvalue weighted by atomic mass is 10.1. The van der Waals surface area contributed by atoms with Crippen molar-refractivity contribution in [3.05, 3.63) is 60.2 Å². The Labute approximate surface area is 188 Å². The number of nitrogens with zero attached hydrogens (tertiary/aromatic N) is 2. The van der Waals surface area contributed by atoms with Crippen LogP contribution in [0, 0.1) is 0 Å². The minimum absolute atomic E-state index is 0.0421. The van der Waals surface area contributed by atoms with Crippen LogP contribution in [0.4, 0.5) is 5.69 Å². The van der Waals surface area contributed by atoms with Crippen molar-refractivity contribution in [2.24, 2.45) is 0 Å². The first-order valence-corrected chi connectivity index (χ1v) is 9.98. The summed E-state index contributed by atoms with van der Waals surface area (Å²) >= 11 is 0. The van der Waals surface area contributed by atoms with Crippen molar-refractivity contribution >= 4 is 29.4 Å². The number of amides is 3. The Morgan fingerprint density at radius 1 is 1.12 bits per heavy atom. The molecule has 0 spiro atoms. The molecule has 0 radical (unpaired) electrons. The highest BCUT2D eigenvalue weighted by Crippen LogP contribution is 2.34. The molecule has 3 amide bonds. The SMILES string of the molecule is COc1ccc(N2C(=O)C[C@@H](N(Cc3ccc4c(c3)OCO4)C(=O)/C=C/C(=O)O)C2=O)cc1. The molecule has 0 bridgehead atoms. The highest BCUT2D eigenvalue weighted by molar-refractivity contribution is 6.23. The number of carbonyl (C=O) groups is 4. The number of aliphatic carboxylic acids is 1. The maximum absolute atomic E-state index is 13.2. The Kier molecular flexibility index (Phi) is 5.99. The molecule has 2 aliphatic rings. The zero-order valence-corrected chi connectivity index (χ0v) is 17.6. The largest absolute Gasteiger partial charge is 0.497 e. The first-order valence-electron chi connectivity index (χ1n) is 9.98. The number of carbonyl (C=O) groups excluding carboxylic acids is 3. The van der Waals surface area contributed by atoms with Crippen LogP contribution in [0.25, 0.3) is 0 Å². The summed E-state index contributed by atoms with van der Waals surface area (Å²) in [6.45, 7) is 0.0365. The summed E-state index contributed by atoms with van der Waals surface area (Å²) in [5, 5.41) is 8.91. The van der Waals surface area contributed by atoms with E-state index in [1.807, 2.05) is 0 Å². The second kappa shape index (κ2) is 9.03. The monoisotopic (exact) mass is 452 g/mol. The summed E-state index contributed by atoms with van der Waals surface area (Å²) in [6, 6.07) is 10.3. The Bertz CT molecular complexity index is 1140. The smallest absolute Gasteiger partial charge is 0.328 e. The number of carboxylic acid groups (broad SMARTS) is 1. The number of fused-ring (bicyclic) bond motifs is 1. The Hall–Kier alpha value is -4.34. The first kappa shape index (κ1) is 21.9. The molecule has 1 fully saturated rings. The summed E-state index contributed by atoms with van der Waals surface area (Å²) in [6.07, 6.45) is 1.32. The number of methoxy groups -OCH3 is 1. The third kappa shape index (κ3) is 4.49. The molecule has 33 heavy (non-hydrogen) atoms. The van der Waals surface area contributed by atoms with Crippen molar-refractivity contribution in [3.8, 4) is 17.2 Å². The van der Waals surface area contributed by atoms with Crippen LogP contribution < -0.4 is 19.1 Å². The van der Waals surface area contributed by atoms with Crippen LogP contribution in [0.5, 0.6) is 17.2 Å². The highest BCUT2D eigenvalue weighted by atomic mass is 16.7. The summed E-state index contributed by atoms with van der Waals surface area (Å²) in [7, 11) is 1.50. The minimum atomic E-state index is -1.31. The number of rotatable bonds is 7. The van der Waals surface area contributed by atoms with Gasteiger partial charge in [0.05, 0.1) is 19.2 Å². The Morgan fingerprint density at radius 3 is 2.55 bits per heavy atom. The highest BCUT2D eigenvalue weighted by Gasteiger charge is 2.44. The van der Waals surface area contributed by atoms with E-state index in [0.717, 1.165) is 11.0 Å². The zero-order valence-electron chi connectivity index (χ0n) is 17.6. The van der Waals surface area contributed by atoms with Gasteiger partial charge in [-0.1, -0.05) is 6.07 Å². The van der Waals surface area contributed by atoms with Gasteiger partial charge < -0.3 is 24.2 Å². The molecule has 170 valence electrons. The van der Waals surface area contributed by atoms with Gasteiger partial charge in [-0.3, -0.25) is 14.4 Å². The van der Waals surface area contributed by atoms with Gasteiger partial charge in [-0.15, -0.1) is 0 Å². The molecule has 1 atom stereocenters. The molecule has 0 aromatic heterocycles. The van der Waals surface area contributed by atoms with Crippen molar-refractivity contribution in [2.75, 3.05) is 18.8 Å². The summed E-state index contributed by atoms with van der Waals surface area (Å²) < 4.78 is 15.8. The topological polar surface area (TPSA) is 123 Å². The fraction of sp³-hybridized carbons (Fsp3) is 0.217. The molecule has 10 nitrogen and oxygen atoms in total. The van der Waals surface area contributed by atoms with Crippen molar-refractivity contribution in [2.45, 2.75) is 19.0 Å². The number of hydrogen-bond donors (Lipinski definition) is 1. The fourth-order valence-electron chi connectivity index (χ4n) is 3.68. The molecule has 0 unspecified atom stereocenters. The van der Waals surface area contributed by atoms with Crippen LogP contribution in [-0.4, -0.2) is 53.6 Å². The molecule has 1 saturated heterocycles. The first-order chi connectivity index (χ1) is 15.9. The zero-order chi connectivity index (χ0) is 23.5. The quantitative estimate of drug-likeness (QED) is 0.498. The average Bonchev–Trinajstić information content (AvgIpc) is 3.39. The summed E-state index contributed by atoms with van der Waals surface area (Å²) in [5.41, 5.74) is 0.976. The number of hydrogen-bond acceptors (Lipinski definition) is 7. The lowest BCUT2D eigenvalue weighted by Gasteiger charge is -2.27. The average molecular weight is 452 g/mol. The van der Waals surface area contributed by atoms with Crippen molar-refractivity contribution in [1.82, 2.24) is 4.90 Å². The maximum Gasteiger partial charge on any atom is 0.328 e. The molecule has 0 aliphatic carbocycles. The van der Waals surface area contributed by atoms with Gasteiger partial charge >= 0.3 is 5.97 Å². The lowest BCUT2D eigenvalue weighted by molar-refractivity contribution is -0.135. The molecule has 1 N–H and O–H groups in total. The lowest BCUT2D eigenvalue weighted by Crippen LogP contribution is -2.44. The van der Waals surface area contributed by atoms with Gasteiger partial charge in [0, 0.05) is 18.7 Å². The number of benzene rings is 2. The molecule has 2 aromatic rings. The van der Waals surface area contributed by atoms with Crippen LogP contribution in [0.3, 0.4) is 0 Å². The number of carboxylic acids is 1. The number of ether oxygens (including phenoxy) is 3. The molecular formula is C23H20N2O8. The van der Waals surface area contributed by atoms with Crippen LogP contribution in [0.15, 0.2) is 54.6 Å². The van der Waals surface area contributed by atoms with E-state index in [1.54, 1.807) is 42.5 Å². The second-order valence-corrected chi connectivity index (χ2v) is 7.31. The van der Waals surface area contributed by atoms with Crippen LogP contribution in [0.2, 0.25) is 0 Å². The molecule has 10 heteroatoms. The van der Waals surface area contributed by atoms with Crippen molar-refractivity contribution in [1.29, 1.82) is 0 Å². The molecule has 2 heterocycles. The predicted octanol–water partition coefficient (Wildman–Crippen LogP) is 1.73. The van der Waals surface area contributed by atoms with E-state index in [4.69, 9.17) is 19.3 Å². The maximum atomic E-state index is 13.2. The third-order valence-electron chi connectivity index (χ3n) is 5.27. The van der Waals surface area contributed by atoms with Gasteiger partial charge in [0.15, 0.2) is 11.5 Å².